The first-order valence-corrected chi connectivity index (χ1v) is 12.7. The Morgan fingerprint density at radius 3 is 2.03 bits per heavy atom. The Morgan fingerprint density at radius 2 is 1.51 bits per heavy atom. The Hall–Kier alpha value is -2.83. The lowest BCUT2D eigenvalue weighted by Gasteiger charge is -2.25. The molecule has 0 aromatic heterocycles. The van der Waals surface area contributed by atoms with Crippen LogP contribution < -0.4 is 21.7 Å². The monoisotopic (exact) mass is 512 g/mol. The fourth-order valence-corrected chi connectivity index (χ4v) is 3.56. The van der Waals surface area contributed by atoms with Crippen LogP contribution in [0.3, 0.4) is 0 Å². The minimum Gasteiger partial charge on any atom is -0.508 e. The van der Waals surface area contributed by atoms with Gasteiger partial charge in [0, 0.05) is 6.42 Å². The number of nitrogens with two attached hydrogens (primary N) is 1. The summed E-state index contributed by atoms with van der Waals surface area (Å²) in [5.74, 6) is -3.02. The van der Waals surface area contributed by atoms with Crippen LogP contribution in [0.25, 0.3) is 0 Å². The zero-order chi connectivity index (χ0) is 26.5. The van der Waals surface area contributed by atoms with Gasteiger partial charge in [-0.1, -0.05) is 32.4 Å². The van der Waals surface area contributed by atoms with Gasteiger partial charge < -0.3 is 37.0 Å². The summed E-state index contributed by atoms with van der Waals surface area (Å²) in [7, 11) is 0. The highest BCUT2D eigenvalue weighted by Crippen LogP contribution is 2.12. The van der Waals surface area contributed by atoms with Gasteiger partial charge in [-0.2, -0.15) is 11.8 Å². The summed E-state index contributed by atoms with van der Waals surface area (Å²) in [4.78, 5) is 49.8. The smallest absolute Gasteiger partial charge is 0.326 e. The number of amides is 3. The zero-order valence-electron chi connectivity index (χ0n) is 20.2. The number of benzene rings is 1. The third-order valence-electron chi connectivity index (χ3n) is 5.61. The molecule has 35 heavy (non-hydrogen) atoms. The number of carboxylic acids is 1. The van der Waals surface area contributed by atoms with Crippen LogP contribution in [-0.2, 0) is 25.6 Å². The molecule has 8 N–H and O–H groups in total. The van der Waals surface area contributed by atoms with Crippen molar-refractivity contribution in [3.05, 3.63) is 29.8 Å². The highest BCUT2D eigenvalue weighted by Gasteiger charge is 2.30. The summed E-state index contributed by atoms with van der Waals surface area (Å²) < 4.78 is 0. The minimum absolute atomic E-state index is 0.0162. The summed E-state index contributed by atoms with van der Waals surface area (Å²) in [6, 6.07) is 1.33. The van der Waals surface area contributed by atoms with Gasteiger partial charge in [0.1, 0.15) is 23.9 Å². The number of phenolic OH excluding ortho intramolecular Hbond substituents is 1. The maximum absolute atomic E-state index is 13.0. The van der Waals surface area contributed by atoms with Crippen LogP contribution in [0.2, 0.25) is 0 Å². The second-order valence-electron chi connectivity index (χ2n) is 8.27. The molecule has 5 atom stereocenters. The molecule has 0 heterocycles. The van der Waals surface area contributed by atoms with E-state index in [4.69, 9.17) is 5.73 Å². The van der Waals surface area contributed by atoms with Gasteiger partial charge in [0.2, 0.25) is 17.7 Å². The largest absolute Gasteiger partial charge is 0.508 e. The number of hydrogen-bond donors (Lipinski definition) is 7. The third kappa shape index (κ3) is 10.1. The Labute approximate surface area is 209 Å². The van der Waals surface area contributed by atoms with Gasteiger partial charge in [-0.3, -0.25) is 14.4 Å². The van der Waals surface area contributed by atoms with Crippen molar-refractivity contribution in [3.63, 3.8) is 0 Å². The summed E-state index contributed by atoms with van der Waals surface area (Å²) in [6.45, 7) is 2.92. The maximum Gasteiger partial charge on any atom is 0.326 e. The number of carboxylic acid groups (broad SMARTS) is 1. The first-order chi connectivity index (χ1) is 16.5. The van der Waals surface area contributed by atoms with E-state index < -0.39 is 54.5 Å². The fourth-order valence-electron chi connectivity index (χ4n) is 3.09. The summed E-state index contributed by atoms with van der Waals surface area (Å²) in [6.07, 6.45) is 2.61. The second-order valence-corrected chi connectivity index (χ2v) is 9.25. The predicted octanol–water partition coefficient (Wildman–Crippen LogP) is -0.407. The van der Waals surface area contributed by atoms with E-state index in [0.29, 0.717) is 17.7 Å². The number of carbonyl (C=O) groups excluding carboxylic acids is 3. The number of aliphatic hydroxyl groups excluding tert-OH is 1. The topological polar surface area (TPSA) is 191 Å². The van der Waals surface area contributed by atoms with E-state index in [1.54, 1.807) is 19.1 Å². The number of thioether (sulfide) groups is 1. The lowest BCUT2D eigenvalue weighted by Crippen LogP contribution is -2.59. The molecule has 0 saturated carbocycles. The quantitative estimate of drug-likeness (QED) is 0.164. The SMILES string of the molecule is CCC(C)C(N)C(=O)NC(CO)C(=O)NC(Cc1ccc(O)cc1)C(=O)NC(CCSC)C(=O)O. The standard InChI is InChI=1S/C23H36N4O7S/c1-4-13(2)19(24)22(32)27-18(12-28)21(31)26-17(11-14-5-7-15(29)8-6-14)20(30)25-16(23(33)34)9-10-35-3/h5-8,13,16-19,28-29H,4,9-12,24H2,1-3H3,(H,25,30)(H,26,31)(H,27,32)(H,33,34). The molecule has 0 aliphatic heterocycles. The molecule has 1 aromatic rings. The van der Waals surface area contributed by atoms with Gasteiger partial charge in [0.15, 0.2) is 0 Å². The van der Waals surface area contributed by atoms with E-state index in [1.165, 1.54) is 23.9 Å². The molecule has 0 saturated heterocycles. The molecular weight excluding hydrogens is 476 g/mol. The van der Waals surface area contributed by atoms with Crippen molar-refractivity contribution in [2.24, 2.45) is 11.7 Å². The Morgan fingerprint density at radius 1 is 0.971 bits per heavy atom. The van der Waals surface area contributed by atoms with Gasteiger partial charge in [-0.05, 0) is 42.0 Å². The van der Waals surface area contributed by atoms with Crippen LogP contribution in [0.5, 0.6) is 5.75 Å². The number of carbonyl (C=O) groups is 4. The molecule has 0 spiro atoms. The normalized spacial score (nSPS) is 15.2. The molecule has 0 aliphatic carbocycles. The summed E-state index contributed by atoms with van der Waals surface area (Å²) >= 11 is 1.43. The maximum atomic E-state index is 13.0. The Balaban J connectivity index is 3.04. The predicted molar refractivity (Wildman–Crippen MR) is 133 cm³/mol. The first kappa shape index (κ1) is 30.2. The van der Waals surface area contributed by atoms with E-state index in [9.17, 15) is 34.5 Å². The fraction of sp³-hybridized carbons (Fsp3) is 0.565. The highest BCUT2D eigenvalue weighted by molar-refractivity contribution is 7.98. The van der Waals surface area contributed by atoms with E-state index in [-0.39, 0.29) is 24.5 Å². The van der Waals surface area contributed by atoms with Crippen LogP contribution in [0.1, 0.15) is 32.3 Å². The van der Waals surface area contributed by atoms with Crippen LogP contribution >= 0.6 is 11.8 Å². The minimum atomic E-state index is -1.36. The average molecular weight is 513 g/mol. The molecular formula is C23H36N4O7S. The number of rotatable bonds is 15. The molecule has 1 aromatic carbocycles. The van der Waals surface area contributed by atoms with Gasteiger partial charge >= 0.3 is 5.97 Å². The van der Waals surface area contributed by atoms with Crippen molar-refractivity contribution < 1.29 is 34.5 Å². The third-order valence-corrected chi connectivity index (χ3v) is 6.25. The number of aliphatic carboxylic acids is 1. The molecule has 0 bridgehead atoms. The lowest BCUT2D eigenvalue weighted by molar-refractivity contribution is -0.142. The second kappa shape index (κ2) is 15.2. The first-order valence-electron chi connectivity index (χ1n) is 11.3. The lowest BCUT2D eigenvalue weighted by atomic mass is 9.99. The number of aromatic hydroxyl groups is 1. The Bertz CT molecular complexity index is 853. The van der Waals surface area contributed by atoms with Crippen LogP contribution in [0.4, 0.5) is 0 Å². The zero-order valence-corrected chi connectivity index (χ0v) is 21.0. The summed E-state index contributed by atoms with van der Waals surface area (Å²) in [5.41, 5.74) is 6.48. The van der Waals surface area contributed by atoms with Crippen LogP contribution in [0.15, 0.2) is 24.3 Å². The molecule has 3 amide bonds. The average Bonchev–Trinajstić information content (AvgIpc) is 2.84. The molecule has 0 fully saturated rings. The van der Waals surface area contributed by atoms with E-state index in [1.807, 2.05) is 13.2 Å². The van der Waals surface area contributed by atoms with Crippen molar-refractivity contribution in [1.82, 2.24) is 16.0 Å². The summed E-state index contributed by atoms with van der Waals surface area (Å²) in [5, 5.41) is 36.0. The number of phenols is 1. The number of hydrogen-bond acceptors (Lipinski definition) is 8. The van der Waals surface area contributed by atoms with Crippen molar-refractivity contribution >= 4 is 35.5 Å². The molecule has 196 valence electrons. The van der Waals surface area contributed by atoms with E-state index >= 15 is 0 Å². The van der Waals surface area contributed by atoms with Crippen LogP contribution in [-0.4, -0.2) is 81.8 Å². The van der Waals surface area contributed by atoms with Crippen molar-refractivity contribution in [2.45, 2.75) is 57.3 Å². The van der Waals surface area contributed by atoms with Gasteiger partial charge in [0.25, 0.3) is 0 Å². The molecule has 0 radical (unpaired) electrons. The van der Waals surface area contributed by atoms with Crippen molar-refractivity contribution in [2.75, 3.05) is 18.6 Å². The van der Waals surface area contributed by atoms with Gasteiger partial charge in [0.05, 0.1) is 12.6 Å². The number of nitrogens with one attached hydrogen (secondary N) is 3. The Kier molecular flexibility index (Phi) is 13.1. The van der Waals surface area contributed by atoms with Crippen LogP contribution in [0, 0.1) is 5.92 Å². The highest BCUT2D eigenvalue weighted by atomic mass is 32.2. The van der Waals surface area contributed by atoms with Gasteiger partial charge in [-0.25, -0.2) is 4.79 Å². The van der Waals surface area contributed by atoms with Crippen molar-refractivity contribution in [3.8, 4) is 5.75 Å². The molecule has 5 unspecified atom stereocenters. The van der Waals surface area contributed by atoms with Crippen molar-refractivity contribution in [1.29, 1.82) is 0 Å². The molecule has 11 nitrogen and oxygen atoms in total. The molecule has 0 aliphatic rings. The van der Waals surface area contributed by atoms with Gasteiger partial charge in [-0.15, -0.1) is 0 Å². The van der Waals surface area contributed by atoms with E-state index in [0.717, 1.165) is 0 Å². The molecule has 12 heteroatoms. The van der Waals surface area contributed by atoms with E-state index in [2.05, 4.69) is 16.0 Å². The molecule has 1 rings (SSSR count). The number of aliphatic hydroxyl groups is 1.